The van der Waals surface area contributed by atoms with Crippen molar-refractivity contribution >= 4 is 46.5 Å². The molecule has 0 unspecified atom stereocenters. The van der Waals surface area contributed by atoms with Crippen molar-refractivity contribution in [3.05, 3.63) is 58.1 Å². The normalized spacial score (nSPS) is 18.8. The maximum absolute atomic E-state index is 13.3. The van der Waals surface area contributed by atoms with Gasteiger partial charge in [0, 0.05) is 44.7 Å². The second-order valence-electron chi connectivity index (χ2n) is 9.09. The van der Waals surface area contributed by atoms with Gasteiger partial charge in [0.25, 0.3) is 5.92 Å². The number of hydrogen-bond donors (Lipinski definition) is 2. The molecule has 4 rings (SSSR count). The molecule has 0 atom stereocenters. The number of carbonyl (C=O) groups excluding carboxylic acids is 2. The number of alkyl halides is 2. The molecule has 2 aliphatic rings. The lowest BCUT2D eigenvalue weighted by Gasteiger charge is -2.32. The molecule has 3 amide bonds. The number of piperidine rings is 2. The Morgan fingerprint density at radius 2 is 1.51 bits per heavy atom. The van der Waals surface area contributed by atoms with E-state index in [-0.39, 0.29) is 44.4 Å². The standard InChI is InChI=1S/C25H28Cl2F2N4O2/c26-20-2-1-3-21(27)23(20)31-24(35)33-12-8-18(9-13-33)17-4-6-19(7-5-17)30-22(34)16-32-14-10-25(28,29)11-15-32/h1-7,18H,8-16H2,(H,30,34)(H,31,35). The molecule has 2 aliphatic heterocycles. The van der Waals surface area contributed by atoms with Gasteiger partial charge in [-0.1, -0.05) is 41.4 Å². The third-order valence-electron chi connectivity index (χ3n) is 6.60. The van der Waals surface area contributed by atoms with Crippen LogP contribution in [0.1, 0.15) is 37.2 Å². The average molecular weight is 525 g/mol. The summed E-state index contributed by atoms with van der Waals surface area (Å²) < 4.78 is 26.5. The van der Waals surface area contributed by atoms with E-state index in [1.54, 1.807) is 28.0 Å². The van der Waals surface area contributed by atoms with Crippen molar-refractivity contribution in [3.63, 3.8) is 0 Å². The SMILES string of the molecule is O=C(CN1CCC(F)(F)CC1)Nc1ccc(C2CCN(C(=O)Nc3c(Cl)cccc3Cl)CC2)cc1. The molecule has 2 fully saturated rings. The first-order valence-electron chi connectivity index (χ1n) is 11.7. The van der Waals surface area contributed by atoms with Crippen LogP contribution < -0.4 is 10.6 Å². The molecule has 0 aliphatic carbocycles. The fourth-order valence-electron chi connectivity index (χ4n) is 4.50. The Balaban J connectivity index is 1.24. The Morgan fingerprint density at radius 3 is 2.11 bits per heavy atom. The molecule has 2 N–H and O–H groups in total. The third-order valence-corrected chi connectivity index (χ3v) is 7.23. The number of anilines is 2. The molecule has 0 saturated carbocycles. The van der Waals surface area contributed by atoms with Gasteiger partial charge in [-0.2, -0.15) is 0 Å². The van der Waals surface area contributed by atoms with Crippen molar-refractivity contribution in [1.29, 1.82) is 0 Å². The quantitative estimate of drug-likeness (QED) is 0.498. The van der Waals surface area contributed by atoms with Gasteiger partial charge >= 0.3 is 6.03 Å². The molecular formula is C25H28Cl2F2N4O2. The van der Waals surface area contributed by atoms with Gasteiger partial charge in [0.1, 0.15) is 0 Å². The van der Waals surface area contributed by atoms with Crippen LogP contribution in [0, 0.1) is 0 Å². The summed E-state index contributed by atoms with van der Waals surface area (Å²) in [7, 11) is 0. The summed E-state index contributed by atoms with van der Waals surface area (Å²) in [5, 5.41) is 6.44. The van der Waals surface area contributed by atoms with Gasteiger partial charge in [-0.15, -0.1) is 0 Å². The minimum absolute atomic E-state index is 0.109. The highest BCUT2D eigenvalue weighted by Gasteiger charge is 2.34. The van der Waals surface area contributed by atoms with E-state index in [4.69, 9.17) is 23.2 Å². The van der Waals surface area contributed by atoms with E-state index in [0.717, 1.165) is 18.4 Å². The number of rotatable bonds is 5. The summed E-state index contributed by atoms with van der Waals surface area (Å²) in [5.74, 6) is -2.52. The van der Waals surface area contributed by atoms with Gasteiger partial charge in [-0.25, -0.2) is 13.6 Å². The van der Waals surface area contributed by atoms with Crippen LogP contribution in [0.3, 0.4) is 0 Å². The predicted octanol–water partition coefficient (Wildman–Crippen LogP) is 6.07. The number of hydrogen-bond acceptors (Lipinski definition) is 3. The molecule has 0 bridgehead atoms. The van der Waals surface area contributed by atoms with Crippen molar-refractivity contribution < 1.29 is 18.4 Å². The number of carbonyl (C=O) groups is 2. The number of likely N-dealkylation sites (tertiary alicyclic amines) is 2. The molecule has 2 saturated heterocycles. The molecule has 2 aromatic carbocycles. The van der Waals surface area contributed by atoms with Gasteiger partial charge in [0.05, 0.1) is 22.3 Å². The van der Waals surface area contributed by atoms with Gasteiger partial charge < -0.3 is 15.5 Å². The fourth-order valence-corrected chi connectivity index (χ4v) is 4.99. The number of nitrogens with zero attached hydrogens (tertiary/aromatic N) is 2. The third kappa shape index (κ3) is 6.84. The first kappa shape index (κ1) is 25.7. The highest BCUT2D eigenvalue weighted by Crippen LogP contribution is 2.32. The van der Waals surface area contributed by atoms with E-state index < -0.39 is 5.92 Å². The summed E-state index contributed by atoms with van der Waals surface area (Å²) in [6.07, 6.45) is 1.22. The number of benzene rings is 2. The van der Waals surface area contributed by atoms with Crippen LogP contribution in [0.5, 0.6) is 0 Å². The van der Waals surface area contributed by atoms with Gasteiger partial charge in [-0.3, -0.25) is 9.69 Å². The van der Waals surface area contributed by atoms with E-state index in [2.05, 4.69) is 10.6 Å². The predicted molar refractivity (Wildman–Crippen MR) is 135 cm³/mol. The van der Waals surface area contributed by atoms with Crippen LogP contribution in [-0.2, 0) is 4.79 Å². The smallest absolute Gasteiger partial charge is 0.321 e. The molecule has 0 aromatic heterocycles. The molecular weight excluding hydrogens is 497 g/mol. The van der Waals surface area contributed by atoms with Crippen molar-refractivity contribution in [2.24, 2.45) is 0 Å². The zero-order chi connectivity index (χ0) is 25.0. The number of urea groups is 1. The molecule has 10 heteroatoms. The van der Waals surface area contributed by atoms with Crippen LogP contribution >= 0.6 is 23.2 Å². The molecule has 6 nitrogen and oxygen atoms in total. The lowest BCUT2D eigenvalue weighted by atomic mass is 9.89. The van der Waals surface area contributed by atoms with Crippen LogP contribution in [0.25, 0.3) is 0 Å². The second-order valence-corrected chi connectivity index (χ2v) is 9.90. The van der Waals surface area contributed by atoms with Crippen LogP contribution in [-0.4, -0.2) is 60.4 Å². The minimum atomic E-state index is -2.62. The minimum Gasteiger partial charge on any atom is -0.325 e. The van der Waals surface area contributed by atoms with E-state index in [0.29, 0.717) is 40.4 Å². The summed E-state index contributed by atoms with van der Waals surface area (Å²) >= 11 is 12.3. The molecule has 2 aromatic rings. The van der Waals surface area contributed by atoms with Crippen LogP contribution in [0.4, 0.5) is 25.0 Å². The molecule has 188 valence electrons. The summed E-state index contributed by atoms with van der Waals surface area (Å²) in [6, 6.07) is 12.5. The van der Waals surface area contributed by atoms with Crippen molar-refractivity contribution in [1.82, 2.24) is 9.80 Å². The van der Waals surface area contributed by atoms with E-state index >= 15 is 0 Å². The van der Waals surface area contributed by atoms with E-state index in [1.165, 1.54) is 0 Å². The maximum atomic E-state index is 13.3. The molecule has 0 radical (unpaired) electrons. The van der Waals surface area contributed by atoms with E-state index in [9.17, 15) is 18.4 Å². The number of para-hydroxylation sites is 1. The largest absolute Gasteiger partial charge is 0.325 e. The highest BCUT2D eigenvalue weighted by atomic mass is 35.5. The fraction of sp³-hybridized carbons (Fsp3) is 0.440. The molecule has 0 spiro atoms. The van der Waals surface area contributed by atoms with Gasteiger partial charge in [0.15, 0.2) is 0 Å². The first-order chi connectivity index (χ1) is 16.7. The number of amides is 3. The van der Waals surface area contributed by atoms with Gasteiger partial charge in [-0.05, 0) is 48.6 Å². The average Bonchev–Trinajstić information content (AvgIpc) is 2.83. The summed E-state index contributed by atoms with van der Waals surface area (Å²) in [5.41, 5.74) is 2.24. The van der Waals surface area contributed by atoms with Gasteiger partial charge in [0.2, 0.25) is 5.91 Å². The Labute approximate surface area is 213 Å². The Morgan fingerprint density at radius 1 is 0.914 bits per heavy atom. The second kappa shape index (κ2) is 11.1. The summed E-state index contributed by atoms with van der Waals surface area (Å²) in [4.78, 5) is 28.5. The zero-order valence-corrected chi connectivity index (χ0v) is 20.7. The van der Waals surface area contributed by atoms with Crippen LogP contribution in [0.15, 0.2) is 42.5 Å². The molecule has 2 heterocycles. The highest BCUT2D eigenvalue weighted by molar-refractivity contribution is 6.39. The number of nitrogens with one attached hydrogen (secondary N) is 2. The maximum Gasteiger partial charge on any atom is 0.321 e. The molecule has 35 heavy (non-hydrogen) atoms. The number of halogens is 4. The van der Waals surface area contributed by atoms with Crippen molar-refractivity contribution in [3.8, 4) is 0 Å². The Hall–Kier alpha value is -2.42. The zero-order valence-electron chi connectivity index (χ0n) is 19.2. The summed E-state index contributed by atoms with van der Waals surface area (Å²) in [6.45, 7) is 1.76. The lowest BCUT2D eigenvalue weighted by molar-refractivity contribution is -0.119. The monoisotopic (exact) mass is 524 g/mol. The van der Waals surface area contributed by atoms with Crippen molar-refractivity contribution in [2.45, 2.75) is 37.5 Å². The topological polar surface area (TPSA) is 64.7 Å². The Bertz CT molecular complexity index is 1030. The lowest BCUT2D eigenvalue weighted by Crippen LogP contribution is -2.42. The first-order valence-corrected chi connectivity index (χ1v) is 12.5. The Kier molecular flexibility index (Phi) is 8.14. The van der Waals surface area contributed by atoms with E-state index in [1.807, 2.05) is 24.3 Å². The van der Waals surface area contributed by atoms with Crippen LogP contribution in [0.2, 0.25) is 10.0 Å². The van der Waals surface area contributed by atoms with Crippen molar-refractivity contribution in [2.75, 3.05) is 43.4 Å².